The Bertz CT molecular complexity index is 564. The molecule has 1 amide bonds. The van der Waals surface area contributed by atoms with Gasteiger partial charge >= 0.3 is 0 Å². The molecule has 0 aliphatic rings. The number of amides is 1. The summed E-state index contributed by atoms with van der Waals surface area (Å²) >= 11 is 0. The minimum atomic E-state index is 0.0334. The smallest absolute Gasteiger partial charge is 0.224 e. The van der Waals surface area contributed by atoms with Gasteiger partial charge in [-0.3, -0.25) is 9.78 Å². The molecule has 0 unspecified atom stereocenters. The molecule has 0 saturated heterocycles. The lowest BCUT2D eigenvalue weighted by Gasteiger charge is -2.10. The van der Waals surface area contributed by atoms with Gasteiger partial charge in [0.05, 0.1) is 12.1 Å². The van der Waals surface area contributed by atoms with Crippen LogP contribution >= 0.6 is 0 Å². The second kappa shape index (κ2) is 7.55. The third-order valence-electron chi connectivity index (χ3n) is 3.14. The molecule has 4 heteroatoms. The molecule has 0 aliphatic carbocycles. The van der Waals surface area contributed by atoms with Crippen LogP contribution in [0.4, 0.5) is 0 Å². The quantitative estimate of drug-likeness (QED) is 0.881. The average molecular weight is 283 g/mol. The Morgan fingerprint density at radius 1 is 1.14 bits per heavy atom. The fraction of sp³-hybridized carbons (Fsp3) is 0.294. The topological polar surface area (TPSA) is 45.2 Å². The van der Waals surface area contributed by atoms with Crippen LogP contribution in [-0.2, 0) is 11.2 Å². The highest BCUT2D eigenvalue weighted by molar-refractivity contribution is 5.78. The van der Waals surface area contributed by atoms with Crippen LogP contribution in [0.15, 0.2) is 48.7 Å². The van der Waals surface area contributed by atoms with Crippen molar-refractivity contribution in [1.82, 2.24) is 15.2 Å². The molecule has 0 fully saturated rings. The number of benzene rings is 1. The highest BCUT2D eigenvalue weighted by Crippen LogP contribution is 2.16. The summed E-state index contributed by atoms with van der Waals surface area (Å²) in [6.07, 6.45) is 2.14. The van der Waals surface area contributed by atoms with E-state index in [0.717, 1.165) is 23.4 Å². The van der Waals surface area contributed by atoms with E-state index in [-0.39, 0.29) is 5.91 Å². The molecule has 1 aromatic carbocycles. The molecular weight excluding hydrogens is 262 g/mol. The predicted octanol–water partition coefficient (Wildman–Crippen LogP) is 1.97. The molecule has 1 aromatic heterocycles. The summed E-state index contributed by atoms with van der Waals surface area (Å²) in [6, 6.07) is 13.9. The van der Waals surface area contributed by atoms with Crippen molar-refractivity contribution >= 4 is 5.91 Å². The highest BCUT2D eigenvalue weighted by atomic mass is 16.1. The summed E-state index contributed by atoms with van der Waals surface area (Å²) in [5, 5.41) is 2.90. The number of nitrogens with one attached hydrogen (secondary N) is 1. The summed E-state index contributed by atoms with van der Waals surface area (Å²) < 4.78 is 0. The Morgan fingerprint density at radius 2 is 1.90 bits per heavy atom. The van der Waals surface area contributed by atoms with E-state index in [1.807, 2.05) is 61.5 Å². The third kappa shape index (κ3) is 5.00. The lowest BCUT2D eigenvalue weighted by molar-refractivity contribution is -0.120. The SMILES string of the molecule is CN(C)CCNC(=O)Cc1ccc(-c2ccccc2)nc1. The van der Waals surface area contributed by atoms with Crippen LogP contribution in [0.2, 0.25) is 0 Å². The van der Waals surface area contributed by atoms with Gasteiger partial charge < -0.3 is 10.2 Å². The Morgan fingerprint density at radius 3 is 2.52 bits per heavy atom. The van der Waals surface area contributed by atoms with Gasteiger partial charge in [0.2, 0.25) is 5.91 Å². The first-order valence-corrected chi connectivity index (χ1v) is 7.07. The molecule has 0 aliphatic heterocycles. The van der Waals surface area contributed by atoms with Crippen molar-refractivity contribution in [2.24, 2.45) is 0 Å². The molecule has 2 aromatic rings. The number of hydrogen-bond donors (Lipinski definition) is 1. The van der Waals surface area contributed by atoms with Gasteiger partial charge in [0, 0.05) is 24.8 Å². The molecule has 1 heterocycles. The maximum atomic E-state index is 11.8. The fourth-order valence-corrected chi connectivity index (χ4v) is 1.98. The summed E-state index contributed by atoms with van der Waals surface area (Å²) in [5.41, 5.74) is 2.93. The van der Waals surface area contributed by atoms with Crippen LogP contribution < -0.4 is 5.32 Å². The maximum absolute atomic E-state index is 11.8. The Kier molecular flexibility index (Phi) is 5.46. The van der Waals surface area contributed by atoms with Crippen LogP contribution in [0.25, 0.3) is 11.3 Å². The Balaban J connectivity index is 1.89. The zero-order valence-electron chi connectivity index (χ0n) is 12.5. The van der Waals surface area contributed by atoms with Gasteiger partial charge in [0.25, 0.3) is 0 Å². The number of rotatable bonds is 6. The second-order valence-electron chi connectivity index (χ2n) is 5.25. The molecule has 0 bridgehead atoms. The van der Waals surface area contributed by atoms with E-state index in [1.165, 1.54) is 0 Å². The van der Waals surface area contributed by atoms with Crippen molar-refractivity contribution in [3.8, 4) is 11.3 Å². The first-order valence-electron chi connectivity index (χ1n) is 7.07. The molecule has 2 rings (SSSR count). The van der Waals surface area contributed by atoms with E-state index in [1.54, 1.807) is 6.20 Å². The molecule has 0 radical (unpaired) electrons. The van der Waals surface area contributed by atoms with E-state index in [9.17, 15) is 4.79 Å². The van der Waals surface area contributed by atoms with Crippen molar-refractivity contribution < 1.29 is 4.79 Å². The average Bonchev–Trinajstić information content (AvgIpc) is 2.48. The molecule has 21 heavy (non-hydrogen) atoms. The summed E-state index contributed by atoms with van der Waals surface area (Å²) in [4.78, 5) is 18.3. The summed E-state index contributed by atoms with van der Waals surface area (Å²) in [5.74, 6) is 0.0334. The molecule has 0 atom stereocenters. The van der Waals surface area contributed by atoms with Crippen LogP contribution in [0, 0.1) is 0 Å². The number of carbonyl (C=O) groups excluding carboxylic acids is 1. The molecule has 4 nitrogen and oxygen atoms in total. The van der Waals surface area contributed by atoms with Gasteiger partial charge in [0.1, 0.15) is 0 Å². The lowest BCUT2D eigenvalue weighted by atomic mass is 10.1. The largest absolute Gasteiger partial charge is 0.355 e. The van der Waals surface area contributed by atoms with E-state index in [0.29, 0.717) is 13.0 Å². The zero-order chi connectivity index (χ0) is 15.1. The van der Waals surface area contributed by atoms with Gasteiger partial charge in [-0.1, -0.05) is 36.4 Å². The molecule has 1 N–H and O–H groups in total. The zero-order valence-corrected chi connectivity index (χ0v) is 12.5. The molecule has 0 spiro atoms. The Hall–Kier alpha value is -2.20. The minimum Gasteiger partial charge on any atom is -0.355 e. The van der Waals surface area contributed by atoms with Crippen molar-refractivity contribution in [1.29, 1.82) is 0 Å². The number of carbonyl (C=O) groups is 1. The van der Waals surface area contributed by atoms with Crippen molar-refractivity contribution in [3.05, 3.63) is 54.2 Å². The van der Waals surface area contributed by atoms with E-state index in [4.69, 9.17) is 0 Å². The number of aromatic nitrogens is 1. The second-order valence-corrected chi connectivity index (χ2v) is 5.25. The molecule has 110 valence electrons. The van der Waals surface area contributed by atoms with Gasteiger partial charge in [-0.25, -0.2) is 0 Å². The Labute approximate surface area is 125 Å². The fourth-order valence-electron chi connectivity index (χ4n) is 1.98. The standard InChI is InChI=1S/C17H21N3O/c1-20(2)11-10-18-17(21)12-14-8-9-16(19-13-14)15-6-4-3-5-7-15/h3-9,13H,10-12H2,1-2H3,(H,18,21). The predicted molar refractivity (Wildman–Crippen MR) is 84.9 cm³/mol. The van der Waals surface area contributed by atoms with E-state index < -0.39 is 0 Å². The van der Waals surface area contributed by atoms with Crippen molar-refractivity contribution in [2.75, 3.05) is 27.2 Å². The van der Waals surface area contributed by atoms with Crippen molar-refractivity contribution in [2.45, 2.75) is 6.42 Å². The van der Waals surface area contributed by atoms with Gasteiger partial charge in [-0.15, -0.1) is 0 Å². The van der Waals surface area contributed by atoms with Crippen LogP contribution in [0.1, 0.15) is 5.56 Å². The minimum absolute atomic E-state index is 0.0334. The van der Waals surface area contributed by atoms with E-state index in [2.05, 4.69) is 10.3 Å². The molecular formula is C17H21N3O. The maximum Gasteiger partial charge on any atom is 0.224 e. The molecule has 0 saturated carbocycles. The van der Waals surface area contributed by atoms with Gasteiger partial charge in [-0.2, -0.15) is 0 Å². The van der Waals surface area contributed by atoms with Crippen LogP contribution in [0.3, 0.4) is 0 Å². The highest BCUT2D eigenvalue weighted by Gasteiger charge is 2.04. The number of nitrogens with zero attached hydrogens (tertiary/aromatic N) is 2. The lowest BCUT2D eigenvalue weighted by Crippen LogP contribution is -2.32. The first kappa shape index (κ1) is 15.2. The van der Waals surface area contributed by atoms with Crippen molar-refractivity contribution in [3.63, 3.8) is 0 Å². The van der Waals surface area contributed by atoms with E-state index >= 15 is 0 Å². The number of pyridine rings is 1. The third-order valence-corrected chi connectivity index (χ3v) is 3.14. The number of hydrogen-bond acceptors (Lipinski definition) is 3. The summed E-state index contributed by atoms with van der Waals surface area (Å²) in [6.45, 7) is 1.51. The van der Waals surface area contributed by atoms with Gasteiger partial charge in [-0.05, 0) is 25.7 Å². The monoisotopic (exact) mass is 283 g/mol. The van der Waals surface area contributed by atoms with Gasteiger partial charge in [0.15, 0.2) is 0 Å². The summed E-state index contributed by atoms with van der Waals surface area (Å²) in [7, 11) is 3.97. The normalized spacial score (nSPS) is 10.6. The van der Waals surface area contributed by atoms with Crippen LogP contribution in [0.5, 0.6) is 0 Å². The van der Waals surface area contributed by atoms with Crippen LogP contribution in [-0.4, -0.2) is 43.0 Å². The first-order chi connectivity index (χ1) is 10.1. The number of likely N-dealkylation sites (N-methyl/N-ethyl adjacent to an activating group) is 1.